The first-order valence-corrected chi connectivity index (χ1v) is 8.20. The predicted octanol–water partition coefficient (Wildman–Crippen LogP) is 3.75. The summed E-state index contributed by atoms with van der Waals surface area (Å²) in [6, 6.07) is 5.50. The van der Waals surface area contributed by atoms with Crippen molar-refractivity contribution in [2.24, 2.45) is 0 Å². The fourth-order valence-electron chi connectivity index (χ4n) is 2.94. The van der Waals surface area contributed by atoms with Crippen LogP contribution in [-0.2, 0) is 0 Å². The molecule has 1 aliphatic carbocycles. The van der Waals surface area contributed by atoms with Crippen LogP contribution in [0.4, 0.5) is 5.69 Å². The SMILES string of the molecule is Nc1cccc(Cl)c1-c1nn2c(C3CCCC3)nnc2s1. The highest BCUT2D eigenvalue weighted by atomic mass is 35.5. The van der Waals surface area contributed by atoms with Gasteiger partial charge in [-0.2, -0.15) is 9.61 Å². The van der Waals surface area contributed by atoms with E-state index in [4.69, 9.17) is 17.3 Å². The Hall–Kier alpha value is -1.66. The number of fused-ring (bicyclic) bond motifs is 1. The molecule has 0 bridgehead atoms. The first-order chi connectivity index (χ1) is 10.2. The molecule has 1 saturated carbocycles. The molecule has 2 heterocycles. The number of rotatable bonds is 2. The number of benzene rings is 1. The zero-order valence-electron chi connectivity index (χ0n) is 11.3. The molecule has 0 atom stereocenters. The Bertz CT molecular complexity index is 783. The lowest BCUT2D eigenvalue weighted by Crippen LogP contribution is -2.01. The molecule has 0 amide bonds. The van der Waals surface area contributed by atoms with E-state index in [9.17, 15) is 0 Å². The Morgan fingerprint density at radius 3 is 2.81 bits per heavy atom. The van der Waals surface area contributed by atoms with Gasteiger partial charge in [-0.1, -0.05) is 41.8 Å². The van der Waals surface area contributed by atoms with Crippen molar-refractivity contribution in [1.29, 1.82) is 0 Å². The molecule has 1 fully saturated rings. The van der Waals surface area contributed by atoms with E-state index in [1.807, 2.05) is 22.7 Å². The molecule has 7 heteroatoms. The van der Waals surface area contributed by atoms with Crippen LogP contribution in [0.15, 0.2) is 18.2 Å². The minimum atomic E-state index is 0.471. The maximum Gasteiger partial charge on any atom is 0.234 e. The molecule has 3 aromatic rings. The van der Waals surface area contributed by atoms with Gasteiger partial charge in [0.15, 0.2) is 10.8 Å². The molecule has 0 unspecified atom stereocenters. The van der Waals surface area contributed by atoms with E-state index in [1.165, 1.54) is 37.0 Å². The average molecular weight is 320 g/mol. The lowest BCUT2D eigenvalue weighted by Gasteiger charge is -2.05. The minimum Gasteiger partial charge on any atom is -0.398 e. The van der Waals surface area contributed by atoms with Gasteiger partial charge in [0.2, 0.25) is 4.96 Å². The highest BCUT2D eigenvalue weighted by Gasteiger charge is 2.24. The number of aromatic nitrogens is 4. The van der Waals surface area contributed by atoms with Gasteiger partial charge in [0.25, 0.3) is 0 Å². The third-order valence-electron chi connectivity index (χ3n) is 4.00. The Morgan fingerprint density at radius 2 is 2.05 bits per heavy atom. The summed E-state index contributed by atoms with van der Waals surface area (Å²) in [4.78, 5) is 0.797. The van der Waals surface area contributed by atoms with Gasteiger partial charge < -0.3 is 5.73 Å². The zero-order valence-corrected chi connectivity index (χ0v) is 12.9. The summed E-state index contributed by atoms with van der Waals surface area (Å²) in [6.45, 7) is 0. The molecule has 5 nitrogen and oxygen atoms in total. The standard InChI is InChI=1S/C14H14ClN5S/c15-9-6-3-7-10(16)11(9)13-19-20-12(8-4-1-2-5-8)17-18-14(20)21-13/h3,6-8H,1-2,4-5,16H2. The smallest absolute Gasteiger partial charge is 0.234 e. The molecule has 1 aliphatic rings. The highest BCUT2D eigenvalue weighted by Crippen LogP contribution is 2.38. The van der Waals surface area contributed by atoms with E-state index in [2.05, 4.69) is 15.3 Å². The third-order valence-corrected chi connectivity index (χ3v) is 5.23. The van der Waals surface area contributed by atoms with Gasteiger partial charge in [0.05, 0.1) is 10.6 Å². The van der Waals surface area contributed by atoms with Crippen molar-refractivity contribution in [3.63, 3.8) is 0 Å². The van der Waals surface area contributed by atoms with E-state index in [0.717, 1.165) is 21.4 Å². The Labute approximate surface area is 130 Å². The van der Waals surface area contributed by atoms with Crippen LogP contribution >= 0.6 is 22.9 Å². The number of halogens is 1. The fraction of sp³-hybridized carbons (Fsp3) is 0.357. The van der Waals surface area contributed by atoms with E-state index < -0.39 is 0 Å². The number of nitrogens with two attached hydrogens (primary N) is 1. The van der Waals surface area contributed by atoms with Crippen LogP contribution < -0.4 is 5.73 Å². The number of anilines is 1. The van der Waals surface area contributed by atoms with Gasteiger partial charge in [-0.15, -0.1) is 10.2 Å². The molecule has 0 saturated heterocycles. The molecule has 4 rings (SSSR count). The summed E-state index contributed by atoms with van der Waals surface area (Å²) in [7, 11) is 0. The van der Waals surface area contributed by atoms with Gasteiger partial charge in [-0.25, -0.2) is 0 Å². The molecular weight excluding hydrogens is 306 g/mol. The normalized spacial score (nSPS) is 16.0. The Morgan fingerprint density at radius 1 is 1.24 bits per heavy atom. The van der Waals surface area contributed by atoms with Crippen LogP contribution in [0.5, 0.6) is 0 Å². The molecule has 108 valence electrons. The van der Waals surface area contributed by atoms with Crippen molar-refractivity contribution in [1.82, 2.24) is 19.8 Å². The van der Waals surface area contributed by atoms with Crippen LogP contribution in [-0.4, -0.2) is 19.8 Å². The van der Waals surface area contributed by atoms with Crippen molar-refractivity contribution in [2.75, 3.05) is 5.73 Å². The number of nitrogen functional groups attached to an aromatic ring is 1. The maximum atomic E-state index is 6.27. The summed E-state index contributed by atoms with van der Waals surface area (Å²) in [5.41, 5.74) is 7.46. The molecule has 0 aliphatic heterocycles. The first kappa shape index (κ1) is 13.0. The largest absolute Gasteiger partial charge is 0.398 e. The van der Waals surface area contributed by atoms with E-state index in [0.29, 0.717) is 16.6 Å². The van der Waals surface area contributed by atoms with E-state index >= 15 is 0 Å². The number of hydrogen-bond acceptors (Lipinski definition) is 5. The lowest BCUT2D eigenvalue weighted by atomic mass is 10.1. The van der Waals surface area contributed by atoms with Crippen LogP contribution in [0, 0.1) is 0 Å². The second kappa shape index (κ2) is 4.96. The molecule has 1 aromatic carbocycles. The Balaban J connectivity index is 1.84. The van der Waals surface area contributed by atoms with Crippen molar-refractivity contribution < 1.29 is 0 Å². The van der Waals surface area contributed by atoms with Crippen molar-refractivity contribution in [3.8, 4) is 10.6 Å². The van der Waals surface area contributed by atoms with Gasteiger partial charge >= 0.3 is 0 Å². The van der Waals surface area contributed by atoms with E-state index in [1.54, 1.807) is 0 Å². The molecule has 0 radical (unpaired) electrons. The topological polar surface area (TPSA) is 69.1 Å². The summed E-state index contributed by atoms with van der Waals surface area (Å²) >= 11 is 7.74. The van der Waals surface area contributed by atoms with Crippen molar-refractivity contribution in [3.05, 3.63) is 29.0 Å². The molecular formula is C14H14ClN5S. The van der Waals surface area contributed by atoms with E-state index in [-0.39, 0.29) is 0 Å². The van der Waals surface area contributed by atoms with Gasteiger partial charge in [0.1, 0.15) is 0 Å². The second-order valence-electron chi connectivity index (χ2n) is 5.35. The van der Waals surface area contributed by atoms with Gasteiger partial charge in [-0.05, 0) is 25.0 Å². The molecule has 21 heavy (non-hydrogen) atoms. The van der Waals surface area contributed by atoms with Gasteiger partial charge in [0, 0.05) is 11.6 Å². The van der Waals surface area contributed by atoms with Crippen LogP contribution in [0.1, 0.15) is 37.4 Å². The first-order valence-electron chi connectivity index (χ1n) is 7.00. The monoisotopic (exact) mass is 319 g/mol. The Kier molecular flexibility index (Phi) is 3.08. The van der Waals surface area contributed by atoms with Crippen molar-refractivity contribution in [2.45, 2.75) is 31.6 Å². The predicted molar refractivity (Wildman–Crippen MR) is 84.7 cm³/mol. The maximum absolute atomic E-state index is 6.27. The van der Waals surface area contributed by atoms with Crippen LogP contribution in [0.25, 0.3) is 15.5 Å². The summed E-state index contributed by atoms with van der Waals surface area (Å²) in [6.07, 6.45) is 4.85. The summed E-state index contributed by atoms with van der Waals surface area (Å²) < 4.78 is 1.86. The van der Waals surface area contributed by atoms with Crippen LogP contribution in [0.3, 0.4) is 0 Å². The van der Waals surface area contributed by atoms with Crippen LogP contribution in [0.2, 0.25) is 5.02 Å². The van der Waals surface area contributed by atoms with Gasteiger partial charge in [-0.3, -0.25) is 0 Å². The number of hydrogen-bond donors (Lipinski definition) is 1. The fourth-order valence-corrected chi connectivity index (χ4v) is 4.19. The highest BCUT2D eigenvalue weighted by molar-refractivity contribution is 7.20. The average Bonchev–Trinajstić information content (AvgIpc) is 3.13. The molecule has 2 aromatic heterocycles. The molecule has 2 N–H and O–H groups in total. The quantitative estimate of drug-likeness (QED) is 0.730. The van der Waals surface area contributed by atoms with Crippen molar-refractivity contribution >= 4 is 33.6 Å². The second-order valence-corrected chi connectivity index (χ2v) is 6.71. The summed E-state index contributed by atoms with van der Waals surface area (Å²) in [5, 5.41) is 14.6. The minimum absolute atomic E-state index is 0.471. The third kappa shape index (κ3) is 2.10. The summed E-state index contributed by atoms with van der Waals surface area (Å²) in [5.74, 6) is 1.44. The zero-order chi connectivity index (χ0) is 14.4. The number of nitrogens with zero attached hydrogens (tertiary/aromatic N) is 4. The molecule has 0 spiro atoms. The lowest BCUT2D eigenvalue weighted by molar-refractivity contribution is 0.641.